The molecule has 0 radical (unpaired) electrons. The van der Waals surface area contributed by atoms with E-state index in [0.29, 0.717) is 23.8 Å². The first-order valence-electron chi connectivity index (χ1n) is 6.59. The van der Waals surface area contributed by atoms with Crippen molar-refractivity contribution in [3.8, 4) is 0 Å². The number of sulfonamides is 1. The van der Waals surface area contributed by atoms with E-state index >= 15 is 0 Å². The lowest BCUT2D eigenvalue weighted by Gasteiger charge is -2.10. The Balaban J connectivity index is 1.88. The summed E-state index contributed by atoms with van der Waals surface area (Å²) in [5.41, 5.74) is 1.25. The molecule has 2 heterocycles. The van der Waals surface area contributed by atoms with Gasteiger partial charge in [-0.1, -0.05) is 23.4 Å². The summed E-state index contributed by atoms with van der Waals surface area (Å²) in [6.07, 6.45) is 0.355. The van der Waals surface area contributed by atoms with E-state index in [1.54, 1.807) is 31.2 Å². The molecule has 1 aromatic carbocycles. The minimum absolute atomic E-state index is 0.243. The van der Waals surface area contributed by atoms with E-state index in [4.69, 9.17) is 4.52 Å². The van der Waals surface area contributed by atoms with Crippen LogP contribution in [0.1, 0.15) is 17.3 Å². The van der Waals surface area contributed by atoms with Crippen molar-refractivity contribution in [3.05, 3.63) is 57.5 Å². The second kappa shape index (κ2) is 6.42. The molecule has 0 aliphatic rings. The van der Waals surface area contributed by atoms with Gasteiger partial charge in [0.05, 0.1) is 15.9 Å². The molecular weight excluding hydrogens is 402 g/mol. The number of para-hydroxylation sites is 1. The number of hydrogen-bond donors (Lipinski definition) is 1. The lowest BCUT2D eigenvalue weighted by atomic mass is 10.1. The summed E-state index contributed by atoms with van der Waals surface area (Å²) < 4.78 is 33.6. The van der Waals surface area contributed by atoms with E-state index in [1.165, 1.54) is 0 Å². The van der Waals surface area contributed by atoms with Gasteiger partial charge in [0.15, 0.2) is 5.82 Å². The molecule has 0 aliphatic carbocycles. The maximum absolute atomic E-state index is 12.5. The molecular formula is C14H12BrN3O3S2. The number of anilines is 1. The molecule has 0 saturated carbocycles. The number of halogens is 1. The summed E-state index contributed by atoms with van der Waals surface area (Å²) in [7, 11) is -3.63. The summed E-state index contributed by atoms with van der Waals surface area (Å²) >= 11 is 4.42. The number of benzene rings is 1. The topological polar surface area (TPSA) is 85.1 Å². The number of hydrogen-bond acceptors (Lipinski definition) is 6. The normalized spacial score (nSPS) is 11.6. The van der Waals surface area contributed by atoms with Crippen LogP contribution in [0.4, 0.5) is 5.69 Å². The van der Waals surface area contributed by atoms with E-state index in [9.17, 15) is 8.42 Å². The van der Waals surface area contributed by atoms with E-state index in [0.717, 1.165) is 20.7 Å². The summed E-state index contributed by atoms with van der Waals surface area (Å²) in [4.78, 5) is 4.15. The van der Waals surface area contributed by atoms with Crippen molar-refractivity contribution >= 4 is 43.0 Å². The molecule has 9 heteroatoms. The minimum atomic E-state index is -3.63. The van der Waals surface area contributed by atoms with E-state index in [-0.39, 0.29) is 4.21 Å². The molecule has 0 atom stereocenters. The van der Waals surface area contributed by atoms with Crippen molar-refractivity contribution in [2.24, 2.45) is 0 Å². The molecule has 0 fully saturated rings. The van der Waals surface area contributed by atoms with Crippen LogP contribution in [0.3, 0.4) is 0 Å². The van der Waals surface area contributed by atoms with Crippen molar-refractivity contribution in [3.63, 3.8) is 0 Å². The highest BCUT2D eigenvalue weighted by Crippen LogP contribution is 2.28. The zero-order valence-electron chi connectivity index (χ0n) is 12.0. The van der Waals surface area contributed by atoms with Gasteiger partial charge in [0.25, 0.3) is 10.0 Å². The van der Waals surface area contributed by atoms with Crippen LogP contribution in [0, 0.1) is 6.92 Å². The number of aryl methyl sites for hydroxylation is 1. The second-order valence-electron chi connectivity index (χ2n) is 4.73. The standard InChI is InChI=1S/C14H12BrN3O3S2/c1-9-16-13(21-17-9)8-10-4-2-3-5-11(10)18-23(19,20)14-7-6-12(15)22-14/h2-7,18H,8H2,1H3. The molecule has 3 aromatic rings. The van der Waals surface area contributed by atoms with Crippen LogP contribution >= 0.6 is 27.3 Å². The summed E-state index contributed by atoms with van der Waals surface area (Å²) in [5, 5.41) is 3.74. The Bertz CT molecular complexity index is 934. The SMILES string of the molecule is Cc1noc(Cc2ccccc2NS(=O)(=O)c2ccc(Br)s2)n1. The molecule has 23 heavy (non-hydrogen) atoms. The van der Waals surface area contributed by atoms with Gasteiger partial charge in [-0.15, -0.1) is 11.3 Å². The quantitative estimate of drug-likeness (QED) is 0.690. The summed E-state index contributed by atoms with van der Waals surface area (Å²) in [5.74, 6) is 0.981. The van der Waals surface area contributed by atoms with Gasteiger partial charge in [0, 0.05) is 0 Å². The van der Waals surface area contributed by atoms with Crippen LogP contribution in [0.25, 0.3) is 0 Å². The van der Waals surface area contributed by atoms with Crippen LogP contribution in [-0.4, -0.2) is 18.6 Å². The molecule has 2 aromatic heterocycles. The zero-order valence-corrected chi connectivity index (χ0v) is 15.2. The van der Waals surface area contributed by atoms with Gasteiger partial charge in [-0.25, -0.2) is 8.42 Å². The lowest BCUT2D eigenvalue weighted by molar-refractivity contribution is 0.381. The summed E-state index contributed by atoms with van der Waals surface area (Å²) in [6.45, 7) is 1.73. The van der Waals surface area contributed by atoms with Crippen molar-refractivity contribution in [2.75, 3.05) is 4.72 Å². The van der Waals surface area contributed by atoms with E-state index < -0.39 is 10.0 Å². The number of aromatic nitrogens is 2. The first kappa shape index (κ1) is 16.2. The van der Waals surface area contributed by atoms with Crippen LogP contribution in [-0.2, 0) is 16.4 Å². The largest absolute Gasteiger partial charge is 0.339 e. The van der Waals surface area contributed by atoms with Crippen molar-refractivity contribution in [1.29, 1.82) is 0 Å². The fraction of sp³-hybridized carbons (Fsp3) is 0.143. The van der Waals surface area contributed by atoms with E-state index in [1.807, 2.05) is 12.1 Å². The molecule has 0 unspecified atom stereocenters. The van der Waals surface area contributed by atoms with Crippen molar-refractivity contribution in [1.82, 2.24) is 10.1 Å². The minimum Gasteiger partial charge on any atom is -0.339 e. The highest BCUT2D eigenvalue weighted by molar-refractivity contribution is 9.11. The third-order valence-electron chi connectivity index (χ3n) is 2.99. The highest BCUT2D eigenvalue weighted by Gasteiger charge is 2.18. The Hall–Kier alpha value is -1.71. The average molecular weight is 414 g/mol. The molecule has 0 amide bonds. The predicted molar refractivity (Wildman–Crippen MR) is 91.1 cm³/mol. The van der Waals surface area contributed by atoms with Gasteiger partial charge in [-0.05, 0) is 46.6 Å². The van der Waals surface area contributed by atoms with Crippen LogP contribution in [0.2, 0.25) is 0 Å². The van der Waals surface area contributed by atoms with Gasteiger partial charge >= 0.3 is 0 Å². The molecule has 0 bridgehead atoms. The van der Waals surface area contributed by atoms with Gasteiger partial charge in [-0.2, -0.15) is 4.98 Å². The third kappa shape index (κ3) is 3.80. The Labute approximate surface area is 145 Å². The first-order chi connectivity index (χ1) is 10.9. The molecule has 3 rings (SSSR count). The Kier molecular flexibility index (Phi) is 4.51. The van der Waals surface area contributed by atoms with Crippen LogP contribution in [0.5, 0.6) is 0 Å². The Morgan fingerprint density at radius 3 is 2.70 bits per heavy atom. The van der Waals surface area contributed by atoms with Gasteiger partial charge in [-0.3, -0.25) is 4.72 Å². The number of thiophene rings is 1. The highest BCUT2D eigenvalue weighted by atomic mass is 79.9. The molecule has 0 aliphatic heterocycles. The van der Waals surface area contributed by atoms with Gasteiger partial charge in [0.2, 0.25) is 5.89 Å². The third-order valence-corrected chi connectivity index (χ3v) is 6.47. The average Bonchev–Trinajstić information content (AvgIpc) is 3.10. The zero-order chi connectivity index (χ0) is 16.4. The Morgan fingerprint density at radius 1 is 1.26 bits per heavy atom. The molecule has 0 saturated heterocycles. The molecule has 0 spiro atoms. The Morgan fingerprint density at radius 2 is 2.04 bits per heavy atom. The maximum Gasteiger partial charge on any atom is 0.271 e. The van der Waals surface area contributed by atoms with Crippen molar-refractivity contribution in [2.45, 2.75) is 17.6 Å². The molecule has 6 nitrogen and oxygen atoms in total. The first-order valence-corrected chi connectivity index (χ1v) is 9.68. The fourth-order valence-corrected chi connectivity index (χ4v) is 5.10. The number of nitrogens with zero attached hydrogens (tertiary/aromatic N) is 2. The monoisotopic (exact) mass is 413 g/mol. The number of nitrogens with one attached hydrogen (secondary N) is 1. The van der Waals surface area contributed by atoms with E-state index in [2.05, 4.69) is 30.8 Å². The predicted octanol–water partition coefficient (Wildman–Crippen LogP) is 3.59. The van der Waals surface area contributed by atoms with Crippen LogP contribution < -0.4 is 4.72 Å². The molecule has 1 N–H and O–H groups in total. The smallest absolute Gasteiger partial charge is 0.271 e. The van der Waals surface area contributed by atoms with Crippen LogP contribution in [0.15, 0.2) is 48.9 Å². The molecule has 120 valence electrons. The summed E-state index contributed by atoms with van der Waals surface area (Å²) in [6, 6.07) is 10.4. The number of rotatable bonds is 5. The maximum atomic E-state index is 12.5. The lowest BCUT2D eigenvalue weighted by Crippen LogP contribution is -2.13. The fourth-order valence-electron chi connectivity index (χ4n) is 1.99. The van der Waals surface area contributed by atoms with Crippen molar-refractivity contribution < 1.29 is 12.9 Å². The van der Waals surface area contributed by atoms with Gasteiger partial charge < -0.3 is 4.52 Å². The second-order valence-corrected chi connectivity index (χ2v) is 9.11. The van der Waals surface area contributed by atoms with Gasteiger partial charge in [0.1, 0.15) is 4.21 Å².